The summed E-state index contributed by atoms with van der Waals surface area (Å²) in [6.07, 6.45) is 9.34. The lowest BCUT2D eigenvalue weighted by Gasteiger charge is -2.27. The van der Waals surface area contributed by atoms with E-state index in [1.807, 2.05) is 0 Å². The van der Waals surface area contributed by atoms with Crippen LogP contribution in [-0.4, -0.2) is 18.0 Å². The van der Waals surface area contributed by atoms with Crippen LogP contribution in [0.3, 0.4) is 0 Å². The van der Waals surface area contributed by atoms with Crippen molar-refractivity contribution in [1.29, 1.82) is 0 Å². The molecule has 0 aromatic heterocycles. The maximum atomic E-state index is 11.2. The van der Waals surface area contributed by atoms with E-state index in [1.165, 1.54) is 19.1 Å². The SMILES string of the molecule is CC1(C)CCC(CC2(C=O)CCCC2)O1. The molecular formula is C13H22O2. The van der Waals surface area contributed by atoms with Crippen LogP contribution in [0.4, 0.5) is 0 Å². The molecule has 2 aliphatic rings. The zero-order chi connectivity index (χ0) is 10.9. The van der Waals surface area contributed by atoms with E-state index in [0.29, 0.717) is 6.10 Å². The van der Waals surface area contributed by atoms with Gasteiger partial charge >= 0.3 is 0 Å². The highest BCUT2D eigenvalue weighted by Gasteiger charge is 2.40. The van der Waals surface area contributed by atoms with E-state index >= 15 is 0 Å². The molecule has 0 N–H and O–H groups in total. The van der Waals surface area contributed by atoms with Crippen LogP contribution >= 0.6 is 0 Å². The normalized spacial score (nSPS) is 33.1. The average molecular weight is 210 g/mol. The Balaban J connectivity index is 1.94. The molecule has 2 fully saturated rings. The fourth-order valence-electron chi connectivity index (χ4n) is 3.12. The minimum absolute atomic E-state index is 0.0351. The Labute approximate surface area is 92.4 Å². The van der Waals surface area contributed by atoms with Gasteiger partial charge in [-0.2, -0.15) is 0 Å². The summed E-state index contributed by atoms with van der Waals surface area (Å²) in [6.45, 7) is 4.30. The van der Waals surface area contributed by atoms with Gasteiger partial charge in [0.25, 0.3) is 0 Å². The molecule has 0 amide bonds. The number of hydrogen-bond donors (Lipinski definition) is 0. The topological polar surface area (TPSA) is 26.3 Å². The average Bonchev–Trinajstić information content (AvgIpc) is 2.75. The molecule has 1 saturated carbocycles. The third kappa shape index (κ3) is 2.41. The van der Waals surface area contributed by atoms with Crippen LogP contribution in [0.5, 0.6) is 0 Å². The van der Waals surface area contributed by atoms with Crippen molar-refractivity contribution < 1.29 is 9.53 Å². The molecule has 0 spiro atoms. The van der Waals surface area contributed by atoms with Gasteiger partial charge in [0.1, 0.15) is 6.29 Å². The molecule has 1 saturated heterocycles. The van der Waals surface area contributed by atoms with Gasteiger partial charge in [-0.3, -0.25) is 0 Å². The minimum Gasteiger partial charge on any atom is -0.372 e. The summed E-state index contributed by atoms with van der Waals surface area (Å²) < 4.78 is 5.98. The largest absolute Gasteiger partial charge is 0.372 e. The maximum absolute atomic E-state index is 11.2. The monoisotopic (exact) mass is 210 g/mol. The van der Waals surface area contributed by atoms with Gasteiger partial charge in [0.15, 0.2) is 0 Å². The first-order valence-electron chi connectivity index (χ1n) is 6.19. The van der Waals surface area contributed by atoms with E-state index in [1.54, 1.807) is 0 Å². The minimum atomic E-state index is -0.0366. The van der Waals surface area contributed by atoms with Crippen molar-refractivity contribution >= 4 is 6.29 Å². The molecule has 1 aliphatic heterocycles. The van der Waals surface area contributed by atoms with Crippen LogP contribution < -0.4 is 0 Å². The Morgan fingerprint density at radius 2 is 1.93 bits per heavy atom. The molecule has 2 nitrogen and oxygen atoms in total. The summed E-state index contributed by atoms with van der Waals surface area (Å²) in [4.78, 5) is 11.2. The molecule has 1 heterocycles. The molecule has 15 heavy (non-hydrogen) atoms. The van der Waals surface area contributed by atoms with Crippen molar-refractivity contribution in [3.05, 3.63) is 0 Å². The Kier molecular flexibility index (Phi) is 2.89. The summed E-state index contributed by atoms with van der Waals surface area (Å²) in [5.74, 6) is 0. The molecule has 2 rings (SSSR count). The Bertz CT molecular complexity index is 239. The van der Waals surface area contributed by atoms with Gasteiger partial charge in [-0.25, -0.2) is 0 Å². The zero-order valence-electron chi connectivity index (χ0n) is 9.92. The lowest BCUT2D eigenvalue weighted by molar-refractivity contribution is -0.119. The van der Waals surface area contributed by atoms with Crippen LogP contribution in [0.1, 0.15) is 58.8 Å². The zero-order valence-corrected chi connectivity index (χ0v) is 9.92. The van der Waals surface area contributed by atoms with Crippen LogP contribution in [0.25, 0.3) is 0 Å². The van der Waals surface area contributed by atoms with Gasteiger partial charge in [0.2, 0.25) is 0 Å². The number of ether oxygens (including phenoxy) is 1. The second kappa shape index (κ2) is 3.89. The summed E-state index contributed by atoms with van der Waals surface area (Å²) in [5.41, 5.74) is -0.00156. The molecule has 0 aromatic rings. The van der Waals surface area contributed by atoms with Gasteiger partial charge in [0, 0.05) is 5.41 Å². The van der Waals surface area contributed by atoms with Crippen molar-refractivity contribution in [3.63, 3.8) is 0 Å². The summed E-state index contributed by atoms with van der Waals surface area (Å²) in [7, 11) is 0. The Morgan fingerprint density at radius 1 is 1.27 bits per heavy atom. The van der Waals surface area contributed by atoms with E-state index < -0.39 is 0 Å². The number of carbonyl (C=O) groups is 1. The quantitative estimate of drug-likeness (QED) is 0.669. The predicted octanol–water partition coefficient (Wildman–Crippen LogP) is 3.09. The van der Waals surface area contributed by atoms with Crippen molar-refractivity contribution in [3.8, 4) is 0 Å². The van der Waals surface area contributed by atoms with Crippen LogP contribution in [0.15, 0.2) is 0 Å². The third-order valence-electron chi connectivity index (χ3n) is 4.04. The second-order valence-electron chi connectivity index (χ2n) is 5.93. The molecule has 0 bridgehead atoms. The number of carbonyl (C=O) groups excluding carboxylic acids is 1. The van der Waals surface area contributed by atoms with Gasteiger partial charge in [-0.1, -0.05) is 12.8 Å². The van der Waals surface area contributed by atoms with E-state index in [0.717, 1.165) is 32.1 Å². The first-order chi connectivity index (χ1) is 7.05. The standard InChI is InChI=1S/C13H22O2/c1-12(2)8-5-11(15-12)9-13(10-14)6-3-4-7-13/h10-11H,3-9H2,1-2H3. The van der Waals surface area contributed by atoms with Gasteiger partial charge in [0.05, 0.1) is 11.7 Å². The molecule has 1 unspecified atom stereocenters. The van der Waals surface area contributed by atoms with Crippen molar-refractivity contribution in [2.75, 3.05) is 0 Å². The number of aldehydes is 1. The molecule has 1 atom stereocenters. The van der Waals surface area contributed by atoms with Crippen molar-refractivity contribution in [1.82, 2.24) is 0 Å². The first kappa shape index (κ1) is 11.1. The smallest absolute Gasteiger partial charge is 0.126 e. The number of hydrogen-bond acceptors (Lipinski definition) is 2. The first-order valence-corrected chi connectivity index (χ1v) is 6.19. The lowest BCUT2D eigenvalue weighted by Crippen LogP contribution is -2.27. The van der Waals surface area contributed by atoms with Crippen LogP contribution in [-0.2, 0) is 9.53 Å². The number of rotatable bonds is 3. The van der Waals surface area contributed by atoms with Crippen molar-refractivity contribution in [2.45, 2.75) is 70.5 Å². The molecule has 0 radical (unpaired) electrons. The Morgan fingerprint density at radius 3 is 2.40 bits per heavy atom. The predicted molar refractivity (Wildman–Crippen MR) is 59.8 cm³/mol. The second-order valence-corrected chi connectivity index (χ2v) is 5.93. The molecule has 2 heteroatoms. The molecule has 1 aliphatic carbocycles. The fourth-order valence-corrected chi connectivity index (χ4v) is 3.12. The van der Waals surface area contributed by atoms with Gasteiger partial charge in [-0.15, -0.1) is 0 Å². The summed E-state index contributed by atoms with van der Waals surface area (Å²) >= 11 is 0. The van der Waals surface area contributed by atoms with Crippen LogP contribution in [0, 0.1) is 5.41 Å². The highest BCUT2D eigenvalue weighted by atomic mass is 16.5. The lowest BCUT2D eigenvalue weighted by atomic mass is 9.81. The highest BCUT2D eigenvalue weighted by Crippen LogP contribution is 2.43. The van der Waals surface area contributed by atoms with E-state index in [4.69, 9.17) is 4.74 Å². The molecular weight excluding hydrogens is 188 g/mol. The fraction of sp³-hybridized carbons (Fsp3) is 0.923. The third-order valence-corrected chi connectivity index (χ3v) is 4.04. The maximum Gasteiger partial charge on any atom is 0.126 e. The molecule has 0 aromatic carbocycles. The van der Waals surface area contributed by atoms with E-state index in [-0.39, 0.29) is 11.0 Å². The summed E-state index contributed by atoms with van der Waals surface area (Å²) in [6, 6.07) is 0. The van der Waals surface area contributed by atoms with E-state index in [2.05, 4.69) is 13.8 Å². The highest BCUT2D eigenvalue weighted by molar-refractivity contribution is 5.60. The van der Waals surface area contributed by atoms with Gasteiger partial charge in [-0.05, 0) is 46.0 Å². The van der Waals surface area contributed by atoms with Crippen LogP contribution in [0.2, 0.25) is 0 Å². The Hall–Kier alpha value is -0.370. The summed E-state index contributed by atoms with van der Waals surface area (Å²) in [5, 5.41) is 0. The van der Waals surface area contributed by atoms with Crippen molar-refractivity contribution in [2.24, 2.45) is 5.41 Å². The van der Waals surface area contributed by atoms with E-state index in [9.17, 15) is 4.79 Å². The molecule has 86 valence electrons. The van der Waals surface area contributed by atoms with Gasteiger partial charge < -0.3 is 9.53 Å².